The summed E-state index contributed by atoms with van der Waals surface area (Å²) in [6.45, 7) is 8.23. The molecule has 4 heterocycles. The van der Waals surface area contributed by atoms with Gasteiger partial charge in [0.2, 0.25) is 5.95 Å². The van der Waals surface area contributed by atoms with E-state index in [0.29, 0.717) is 5.82 Å². The van der Waals surface area contributed by atoms with E-state index >= 15 is 0 Å². The number of nitrogens with two attached hydrogens (primary N) is 1. The lowest BCUT2D eigenvalue weighted by atomic mass is 10.2. The number of piperazine rings is 1. The number of thiophene rings is 1. The lowest BCUT2D eigenvalue weighted by Crippen LogP contribution is -2.45. The highest BCUT2D eigenvalue weighted by Gasteiger charge is 2.18. The molecule has 6 nitrogen and oxygen atoms in total. The van der Waals surface area contributed by atoms with Gasteiger partial charge >= 0.3 is 0 Å². The number of hydrogen-bond donors (Lipinski definition) is 1. The van der Waals surface area contributed by atoms with Crippen molar-refractivity contribution < 1.29 is 0 Å². The predicted molar refractivity (Wildman–Crippen MR) is 119 cm³/mol. The van der Waals surface area contributed by atoms with Crippen molar-refractivity contribution in [2.24, 2.45) is 0 Å². The minimum absolute atomic E-state index is 0.550. The van der Waals surface area contributed by atoms with Crippen LogP contribution < -0.4 is 10.6 Å². The van der Waals surface area contributed by atoms with Crippen molar-refractivity contribution in [1.82, 2.24) is 19.9 Å². The molecule has 0 radical (unpaired) electrons. The maximum absolute atomic E-state index is 6.14. The Balaban J connectivity index is 0.000000271. The smallest absolute Gasteiger partial charge is 0.228 e. The standard InChI is InChI=1S/C15H22N6.C6H8S/c1-3-4-11-9-12-13(10-17-11)18-15(19-14(12)16)21-7-5-20(2)6-8-21;1-2-6-4-3-5-7-6/h9-10H,3-8H2,1-2H3,(H2,16,18,19);3-5H,2H2,1H3. The molecule has 0 unspecified atom stereocenters. The first-order valence-corrected chi connectivity index (χ1v) is 10.9. The van der Waals surface area contributed by atoms with E-state index in [1.54, 1.807) is 0 Å². The summed E-state index contributed by atoms with van der Waals surface area (Å²) < 4.78 is 0. The number of hydrogen-bond acceptors (Lipinski definition) is 7. The summed E-state index contributed by atoms with van der Waals surface area (Å²) in [5, 5.41) is 3.02. The Kier molecular flexibility index (Phi) is 7.17. The molecule has 0 bridgehead atoms. The quantitative estimate of drug-likeness (QED) is 0.724. The van der Waals surface area contributed by atoms with Crippen molar-refractivity contribution in [1.29, 1.82) is 0 Å². The Bertz CT molecular complexity index is 872. The van der Waals surface area contributed by atoms with E-state index in [1.165, 1.54) is 11.3 Å². The molecular weight excluding hydrogens is 368 g/mol. The van der Waals surface area contributed by atoms with Crippen LogP contribution in [0.5, 0.6) is 0 Å². The van der Waals surface area contributed by atoms with Gasteiger partial charge in [0.25, 0.3) is 0 Å². The summed E-state index contributed by atoms with van der Waals surface area (Å²) in [5.41, 5.74) is 8.02. The zero-order chi connectivity index (χ0) is 19.9. The van der Waals surface area contributed by atoms with E-state index in [1.807, 2.05) is 23.6 Å². The van der Waals surface area contributed by atoms with E-state index in [2.05, 4.69) is 63.2 Å². The van der Waals surface area contributed by atoms with Gasteiger partial charge in [0.05, 0.1) is 11.7 Å². The third kappa shape index (κ3) is 5.17. The molecule has 1 aliphatic rings. The van der Waals surface area contributed by atoms with Crippen LogP contribution in [-0.4, -0.2) is 53.1 Å². The molecule has 1 aliphatic heterocycles. The number of aromatic nitrogens is 3. The molecule has 7 heteroatoms. The van der Waals surface area contributed by atoms with Crippen LogP contribution in [0.4, 0.5) is 11.8 Å². The number of nitrogens with zero attached hydrogens (tertiary/aromatic N) is 5. The Morgan fingerprint density at radius 1 is 1.14 bits per heavy atom. The fourth-order valence-corrected chi connectivity index (χ4v) is 3.80. The second-order valence-electron chi connectivity index (χ2n) is 7.07. The van der Waals surface area contributed by atoms with E-state index in [9.17, 15) is 0 Å². The Morgan fingerprint density at radius 2 is 1.93 bits per heavy atom. The number of nitrogen functional groups attached to an aromatic ring is 1. The van der Waals surface area contributed by atoms with Crippen molar-refractivity contribution in [2.75, 3.05) is 43.9 Å². The zero-order valence-electron chi connectivity index (χ0n) is 17.1. The van der Waals surface area contributed by atoms with Crippen LogP contribution in [-0.2, 0) is 12.8 Å². The largest absolute Gasteiger partial charge is 0.383 e. The molecule has 0 aromatic carbocycles. The van der Waals surface area contributed by atoms with Crippen LogP contribution in [0.1, 0.15) is 30.8 Å². The Hall–Kier alpha value is -2.25. The van der Waals surface area contributed by atoms with Gasteiger partial charge in [-0.25, -0.2) is 4.98 Å². The van der Waals surface area contributed by atoms with Crippen LogP contribution in [0.15, 0.2) is 29.8 Å². The van der Waals surface area contributed by atoms with Gasteiger partial charge in [-0.05, 0) is 37.4 Å². The van der Waals surface area contributed by atoms with Crippen molar-refractivity contribution >= 4 is 34.0 Å². The Morgan fingerprint density at radius 3 is 2.54 bits per heavy atom. The minimum atomic E-state index is 0.550. The lowest BCUT2D eigenvalue weighted by Gasteiger charge is -2.32. The fourth-order valence-electron chi connectivity index (χ4n) is 3.14. The molecule has 0 atom stereocenters. The van der Waals surface area contributed by atoms with Crippen molar-refractivity contribution in [2.45, 2.75) is 33.1 Å². The molecule has 0 saturated carbocycles. The van der Waals surface area contributed by atoms with Gasteiger partial charge in [0, 0.05) is 42.1 Å². The third-order valence-electron chi connectivity index (χ3n) is 4.88. The number of fused-ring (bicyclic) bond motifs is 1. The molecule has 2 N–H and O–H groups in total. The van der Waals surface area contributed by atoms with Gasteiger partial charge in [-0.3, -0.25) is 4.98 Å². The highest BCUT2D eigenvalue weighted by atomic mass is 32.1. The van der Waals surface area contributed by atoms with Crippen molar-refractivity contribution in [3.05, 3.63) is 40.3 Å². The summed E-state index contributed by atoms with van der Waals surface area (Å²) in [7, 11) is 2.13. The maximum Gasteiger partial charge on any atom is 0.228 e. The van der Waals surface area contributed by atoms with Crippen molar-refractivity contribution in [3.63, 3.8) is 0 Å². The van der Waals surface area contributed by atoms with E-state index < -0.39 is 0 Å². The molecule has 28 heavy (non-hydrogen) atoms. The number of likely N-dealkylation sites (N-methyl/N-ethyl adjacent to an activating group) is 1. The predicted octanol–water partition coefficient (Wildman–Crippen LogP) is 3.62. The molecule has 0 amide bonds. The van der Waals surface area contributed by atoms with Crippen LogP contribution in [0.2, 0.25) is 0 Å². The molecule has 1 fully saturated rings. The number of rotatable bonds is 4. The molecule has 0 aliphatic carbocycles. The first-order valence-electron chi connectivity index (χ1n) is 9.98. The SMILES string of the molecule is CCCc1cc2c(N)nc(N3CCN(C)CC3)nc2cn1.CCc1cccs1. The summed E-state index contributed by atoms with van der Waals surface area (Å²) in [5.74, 6) is 1.27. The van der Waals surface area contributed by atoms with E-state index in [-0.39, 0.29) is 0 Å². The van der Waals surface area contributed by atoms with Crippen LogP contribution >= 0.6 is 11.3 Å². The fraction of sp³-hybridized carbons (Fsp3) is 0.476. The summed E-state index contributed by atoms with van der Waals surface area (Å²) in [4.78, 5) is 19.6. The molecular formula is C21H30N6S. The zero-order valence-corrected chi connectivity index (χ0v) is 17.9. The molecule has 150 valence electrons. The van der Waals surface area contributed by atoms with Crippen LogP contribution in [0, 0.1) is 0 Å². The number of pyridine rings is 1. The molecule has 4 rings (SSSR count). The lowest BCUT2D eigenvalue weighted by molar-refractivity contribution is 0.311. The van der Waals surface area contributed by atoms with Crippen LogP contribution in [0.3, 0.4) is 0 Å². The molecule has 3 aromatic rings. The number of anilines is 2. The van der Waals surface area contributed by atoms with Gasteiger partial charge in [-0.1, -0.05) is 26.3 Å². The van der Waals surface area contributed by atoms with Gasteiger partial charge in [0.1, 0.15) is 5.82 Å². The summed E-state index contributed by atoms with van der Waals surface area (Å²) in [6.07, 6.45) is 5.02. The average Bonchev–Trinajstić information content (AvgIpc) is 3.24. The van der Waals surface area contributed by atoms with Gasteiger partial charge < -0.3 is 15.5 Å². The van der Waals surface area contributed by atoms with Gasteiger partial charge in [-0.15, -0.1) is 11.3 Å². The maximum atomic E-state index is 6.14. The first kappa shape index (κ1) is 20.5. The monoisotopic (exact) mass is 398 g/mol. The topological polar surface area (TPSA) is 71.2 Å². The third-order valence-corrected chi connectivity index (χ3v) is 5.90. The minimum Gasteiger partial charge on any atom is -0.383 e. The molecule has 3 aromatic heterocycles. The first-order chi connectivity index (χ1) is 13.6. The normalized spacial score (nSPS) is 14.8. The van der Waals surface area contributed by atoms with Gasteiger partial charge in [-0.2, -0.15) is 4.98 Å². The average molecular weight is 399 g/mol. The van der Waals surface area contributed by atoms with E-state index in [4.69, 9.17) is 5.73 Å². The summed E-state index contributed by atoms with van der Waals surface area (Å²) >= 11 is 1.82. The highest BCUT2D eigenvalue weighted by Crippen LogP contribution is 2.22. The second kappa shape index (κ2) is 9.80. The van der Waals surface area contributed by atoms with Crippen molar-refractivity contribution in [3.8, 4) is 0 Å². The number of aryl methyl sites for hydroxylation is 2. The van der Waals surface area contributed by atoms with E-state index in [0.717, 1.165) is 61.6 Å². The second-order valence-corrected chi connectivity index (χ2v) is 8.11. The molecule has 0 spiro atoms. The van der Waals surface area contributed by atoms with Gasteiger partial charge in [0.15, 0.2) is 0 Å². The summed E-state index contributed by atoms with van der Waals surface area (Å²) in [6, 6.07) is 6.26. The molecule has 1 saturated heterocycles. The Labute approximate surface area is 171 Å². The van der Waals surface area contributed by atoms with Crippen LogP contribution in [0.25, 0.3) is 10.9 Å². The highest BCUT2D eigenvalue weighted by molar-refractivity contribution is 7.09.